The van der Waals surface area contributed by atoms with Gasteiger partial charge in [-0.05, 0) is 6.92 Å². The molecule has 1 aliphatic rings. The highest BCUT2D eigenvalue weighted by Crippen LogP contribution is 2.43. The van der Waals surface area contributed by atoms with Crippen LogP contribution in [0.4, 0.5) is 5.82 Å². The number of rotatable bonds is 5. The molecule has 3 rings (SSSR count). The highest BCUT2D eigenvalue weighted by molar-refractivity contribution is 7.46. The first-order valence-corrected chi connectivity index (χ1v) is 8.91. The zero-order valence-corrected chi connectivity index (χ0v) is 14.4. The Morgan fingerprint density at radius 2 is 2.19 bits per heavy atom. The van der Waals surface area contributed by atoms with Crippen molar-refractivity contribution < 1.29 is 38.6 Å². The van der Waals surface area contributed by atoms with E-state index in [-0.39, 0.29) is 22.4 Å². The minimum atomic E-state index is -4.79. The molecule has 0 spiro atoms. The van der Waals surface area contributed by atoms with E-state index in [2.05, 4.69) is 14.5 Å². The van der Waals surface area contributed by atoms with Gasteiger partial charge in [-0.1, -0.05) is 0 Å². The zero-order chi connectivity index (χ0) is 19.3. The Hall–Kier alpha value is -1.92. The van der Waals surface area contributed by atoms with Crippen molar-refractivity contribution in [2.24, 2.45) is 0 Å². The van der Waals surface area contributed by atoms with Gasteiger partial charge in [-0.25, -0.2) is 14.5 Å². The lowest BCUT2D eigenvalue weighted by Crippen LogP contribution is -2.44. The zero-order valence-electron chi connectivity index (χ0n) is 13.5. The molecule has 1 saturated heterocycles. The summed E-state index contributed by atoms with van der Waals surface area (Å²) < 4.78 is 22.1. The summed E-state index contributed by atoms with van der Waals surface area (Å²) in [5.74, 6) is 0.0513. The number of phosphoric acid groups is 1. The SMILES string of the molecule is C[C@@]1(O)[C@H](O)[C@@H](COP(=O)(O)O)O[C@H]1n1cc(C=O)c2c(N)ncnc21. The van der Waals surface area contributed by atoms with Crippen LogP contribution in [0.25, 0.3) is 11.0 Å². The Morgan fingerprint density at radius 1 is 1.50 bits per heavy atom. The summed E-state index contributed by atoms with van der Waals surface area (Å²) >= 11 is 0. The number of carbonyl (C=O) groups is 1. The molecule has 0 unspecified atom stereocenters. The molecular formula is C13H17N4O8P. The monoisotopic (exact) mass is 388 g/mol. The number of nitrogens with two attached hydrogens (primary N) is 1. The summed E-state index contributed by atoms with van der Waals surface area (Å²) in [4.78, 5) is 36.8. The van der Waals surface area contributed by atoms with E-state index in [1.165, 1.54) is 17.7 Å². The fourth-order valence-corrected chi connectivity index (χ4v) is 3.30. The van der Waals surface area contributed by atoms with Crippen molar-refractivity contribution in [2.45, 2.75) is 31.0 Å². The van der Waals surface area contributed by atoms with Crippen LogP contribution in [0.5, 0.6) is 0 Å². The number of nitrogens with zero attached hydrogens (tertiary/aromatic N) is 3. The first-order valence-electron chi connectivity index (χ1n) is 7.38. The lowest BCUT2D eigenvalue weighted by atomic mass is 9.96. The Kier molecular flexibility index (Phi) is 4.61. The second kappa shape index (κ2) is 6.35. The van der Waals surface area contributed by atoms with Gasteiger partial charge < -0.3 is 35.0 Å². The Bertz CT molecular complexity index is 894. The van der Waals surface area contributed by atoms with Gasteiger partial charge in [0.2, 0.25) is 0 Å². The van der Waals surface area contributed by atoms with Crippen LogP contribution in [0.1, 0.15) is 23.5 Å². The molecule has 12 nitrogen and oxygen atoms in total. The smallest absolute Gasteiger partial charge is 0.387 e. The number of anilines is 1. The number of ether oxygens (including phenoxy) is 1. The number of aliphatic hydroxyl groups excluding tert-OH is 1. The lowest BCUT2D eigenvalue weighted by Gasteiger charge is -2.27. The van der Waals surface area contributed by atoms with Crippen molar-refractivity contribution in [3.8, 4) is 0 Å². The second-order valence-electron chi connectivity index (χ2n) is 6.05. The lowest BCUT2D eigenvalue weighted by molar-refractivity contribution is -0.0947. The van der Waals surface area contributed by atoms with E-state index < -0.39 is 38.5 Å². The Labute approximate surface area is 146 Å². The van der Waals surface area contributed by atoms with Crippen LogP contribution in [-0.4, -0.2) is 65.2 Å². The average molecular weight is 388 g/mol. The summed E-state index contributed by atoms with van der Waals surface area (Å²) in [5.41, 5.74) is 4.24. The first-order chi connectivity index (χ1) is 12.1. The van der Waals surface area contributed by atoms with Crippen molar-refractivity contribution in [1.29, 1.82) is 0 Å². The van der Waals surface area contributed by atoms with Crippen LogP contribution >= 0.6 is 7.82 Å². The van der Waals surface area contributed by atoms with Crippen molar-refractivity contribution in [3.05, 3.63) is 18.1 Å². The number of carbonyl (C=O) groups excluding carboxylic acids is 1. The number of aliphatic hydroxyl groups is 2. The van der Waals surface area contributed by atoms with E-state index in [0.717, 1.165) is 6.33 Å². The molecular weight excluding hydrogens is 371 g/mol. The van der Waals surface area contributed by atoms with Crippen LogP contribution < -0.4 is 5.73 Å². The summed E-state index contributed by atoms with van der Waals surface area (Å²) in [6, 6.07) is 0. The van der Waals surface area contributed by atoms with Gasteiger partial charge in [-0.15, -0.1) is 0 Å². The third-order valence-electron chi connectivity index (χ3n) is 4.21. The van der Waals surface area contributed by atoms with Gasteiger partial charge in [0.05, 0.1) is 12.0 Å². The Balaban J connectivity index is 2.01. The fourth-order valence-electron chi connectivity index (χ4n) is 2.95. The number of hydrogen-bond acceptors (Lipinski definition) is 9. The third-order valence-corrected chi connectivity index (χ3v) is 4.69. The molecule has 2 aromatic heterocycles. The topological polar surface area (TPSA) is 190 Å². The number of phosphoric ester groups is 1. The molecule has 1 fully saturated rings. The van der Waals surface area contributed by atoms with Gasteiger partial charge in [0, 0.05) is 11.8 Å². The summed E-state index contributed by atoms with van der Waals surface area (Å²) in [6.07, 6.45) is -0.965. The number of aldehydes is 1. The molecule has 2 aromatic rings. The van der Waals surface area contributed by atoms with Crippen LogP contribution in [-0.2, 0) is 13.8 Å². The predicted molar refractivity (Wildman–Crippen MR) is 85.9 cm³/mol. The first kappa shape index (κ1) is 18.9. The number of aromatic nitrogens is 3. The molecule has 4 atom stereocenters. The molecule has 0 radical (unpaired) electrons. The molecule has 6 N–H and O–H groups in total. The van der Waals surface area contributed by atoms with Crippen LogP contribution in [0.2, 0.25) is 0 Å². The molecule has 0 aliphatic carbocycles. The minimum absolute atomic E-state index is 0.0513. The molecule has 3 heterocycles. The molecule has 142 valence electrons. The van der Waals surface area contributed by atoms with Crippen molar-refractivity contribution in [3.63, 3.8) is 0 Å². The van der Waals surface area contributed by atoms with Gasteiger partial charge >= 0.3 is 7.82 Å². The predicted octanol–water partition coefficient (Wildman–Crippen LogP) is -1.06. The fraction of sp³-hybridized carbons (Fsp3) is 0.462. The summed E-state index contributed by atoms with van der Waals surface area (Å²) in [5, 5.41) is 21.2. The van der Waals surface area contributed by atoms with Gasteiger partial charge in [0.15, 0.2) is 12.5 Å². The highest BCUT2D eigenvalue weighted by atomic mass is 31.2. The van der Waals surface area contributed by atoms with E-state index in [9.17, 15) is 19.6 Å². The number of nitrogen functional groups attached to an aromatic ring is 1. The van der Waals surface area contributed by atoms with Gasteiger partial charge in [-0.3, -0.25) is 9.32 Å². The van der Waals surface area contributed by atoms with Gasteiger partial charge in [-0.2, -0.15) is 0 Å². The Morgan fingerprint density at radius 3 is 2.81 bits per heavy atom. The molecule has 0 aromatic carbocycles. The van der Waals surface area contributed by atoms with Crippen LogP contribution in [0.3, 0.4) is 0 Å². The standard InChI is InChI=1S/C13H17N4O8P/c1-13(20)9(19)7(4-24-26(21,22)23)25-12(13)17-2-6(3-18)8-10(14)15-5-16-11(8)17/h2-3,5,7,9,12,19-20H,4H2,1H3,(H2,14,15,16)(H2,21,22,23)/t7-,9-,12-,13-/m1/s1. The van der Waals surface area contributed by atoms with E-state index >= 15 is 0 Å². The third kappa shape index (κ3) is 3.12. The maximum absolute atomic E-state index is 11.3. The molecule has 1 aliphatic heterocycles. The van der Waals surface area contributed by atoms with Crippen LogP contribution in [0, 0.1) is 0 Å². The second-order valence-corrected chi connectivity index (χ2v) is 7.29. The van der Waals surface area contributed by atoms with E-state index in [1.54, 1.807) is 0 Å². The van der Waals surface area contributed by atoms with Crippen molar-refractivity contribution in [1.82, 2.24) is 14.5 Å². The highest BCUT2D eigenvalue weighted by Gasteiger charge is 2.54. The van der Waals surface area contributed by atoms with Gasteiger partial charge in [0.25, 0.3) is 0 Å². The van der Waals surface area contributed by atoms with Crippen molar-refractivity contribution in [2.75, 3.05) is 12.3 Å². The molecule has 26 heavy (non-hydrogen) atoms. The van der Waals surface area contributed by atoms with Gasteiger partial charge in [0.1, 0.15) is 35.6 Å². The number of fused-ring (bicyclic) bond motifs is 1. The molecule has 0 amide bonds. The minimum Gasteiger partial charge on any atom is -0.387 e. The molecule has 0 bridgehead atoms. The van der Waals surface area contributed by atoms with E-state index in [0.29, 0.717) is 6.29 Å². The summed E-state index contributed by atoms with van der Waals surface area (Å²) in [7, 11) is -4.79. The molecule has 0 saturated carbocycles. The summed E-state index contributed by atoms with van der Waals surface area (Å²) in [6.45, 7) is 0.617. The maximum atomic E-state index is 11.3. The normalized spacial score (nSPS) is 29.3. The quantitative estimate of drug-likeness (QED) is 0.310. The largest absolute Gasteiger partial charge is 0.469 e. The van der Waals surface area contributed by atoms with Crippen molar-refractivity contribution >= 4 is 31.0 Å². The maximum Gasteiger partial charge on any atom is 0.469 e. The van der Waals surface area contributed by atoms with Crippen LogP contribution in [0.15, 0.2) is 12.5 Å². The average Bonchev–Trinajstić information content (AvgIpc) is 3.02. The molecule has 13 heteroatoms. The van der Waals surface area contributed by atoms with E-state index in [1.807, 2.05) is 0 Å². The van der Waals surface area contributed by atoms with E-state index in [4.69, 9.17) is 20.3 Å². The number of hydrogen-bond donors (Lipinski definition) is 5.